The zero-order chi connectivity index (χ0) is 19.5. The van der Waals surface area contributed by atoms with E-state index in [1.54, 1.807) is 18.5 Å². The maximum absolute atomic E-state index is 13.0. The molecule has 28 heavy (non-hydrogen) atoms. The number of rotatable bonds is 5. The molecule has 0 bridgehead atoms. The first kappa shape index (κ1) is 18.4. The second-order valence-electron chi connectivity index (χ2n) is 6.35. The molecule has 1 fully saturated rings. The first-order valence-electron chi connectivity index (χ1n) is 9.06. The Kier molecular flexibility index (Phi) is 5.24. The van der Waals surface area contributed by atoms with Crippen LogP contribution in [0, 0.1) is 0 Å². The number of thioether (sulfide) groups is 1. The van der Waals surface area contributed by atoms with Gasteiger partial charge in [-0.05, 0) is 12.5 Å². The number of fused-ring (bicyclic) bond motifs is 1. The Bertz CT molecular complexity index is 1010. The van der Waals surface area contributed by atoms with E-state index in [1.807, 2.05) is 11.8 Å². The van der Waals surface area contributed by atoms with Crippen molar-refractivity contribution in [3.8, 4) is 0 Å². The van der Waals surface area contributed by atoms with Gasteiger partial charge in [-0.3, -0.25) is 14.6 Å². The fourth-order valence-electron chi connectivity index (χ4n) is 3.11. The molecule has 0 unspecified atom stereocenters. The Morgan fingerprint density at radius 1 is 1.21 bits per heavy atom. The van der Waals surface area contributed by atoms with Crippen LogP contribution < -0.4 is 10.5 Å². The monoisotopic (exact) mass is 400 g/mol. The predicted octanol–water partition coefficient (Wildman–Crippen LogP) is 0.656. The van der Waals surface area contributed by atoms with Crippen molar-refractivity contribution in [2.24, 2.45) is 0 Å². The summed E-state index contributed by atoms with van der Waals surface area (Å²) in [6.07, 6.45) is 5.49. The lowest BCUT2D eigenvalue weighted by Gasteiger charge is -2.36. The van der Waals surface area contributed by atoms with Gasteiger partial charge in [-0.15, -0.1) is 0 Å². The number of anilines is 1. The van der Waals surface area contributed by atoms with Gasteiger partial charge in [-0.2, -0.15) is 0 Å². The highest BCUT2D eigenvalue weighted by atomic mass is 32.2. The summed E-state index contributed by atoms with van der Waals surface area (Å²) in [7, 11) is 0. The first-order chi connectivity index (χ1) is 13.7. The van der Waals surface area contributed by atoms with Crippen molar-refractivity contribution in [3.05, 3.63) is 35.1 Å². The minimum atomic E-state index is -0.320. The Labute approximate surface area is 164 Å². The molecule has 1 aliphatic heterocycles. The van der Waals surface area contributed by atoms with Crippen molar-refractivity contribution in [1.29, 1.82) is 0 Å². The van der Waals surface area contributed by atoms with Crippen molar-refractivity contribution >= 4 is 34.8 Å². The topological polar surface area (TPSA) is 124 Å². The number of nitrogens with zero attached hydrogens (tertiary/aromatic N) is 6. The molecule has 0 aliphatic carbocycles. The third-order valence-electron chi connectivity index (χ3n) is 4.60. The molecular weight excluding hydrogens is 380 g/mol. The normalized spacial score (nSPS) is 15.8. The molecule has 2 N–H and O–H groups in total. The van der Waals surface area contributed by atoms with E-state index < -0.39 is 0 Å². The summed E-state index contributed by atoms with van der Waals surface area (Å²) in [5.41, 5.74) is 0.400. The molecule has 11 heteroatoms. The molecule has 3 aromatic heterocycles. The maximum atomic E-state index is 13.0. The molecule has 0 aromatic carbocycles. The van der Waals surface area contributed by atoms with Gasteiger partial charge in [0.1, 0.15) is 0 Å². The number of H-pyrrole nitrogens is 2. The lowest BCUT2D eigenvalue weighted by Crippen LogP contribution is -2.51. The fraction of sp³-hybridized carbons (Fsp3) is 0.412. The Hall–Kier alpha value is -2.95. The zero-order valence-corrected chi connectivity index (χ0v) is 16.1. The number of carbonyl (C=O) groups excluding carboxylic acids is 1. The molecule has 0 spiro atoms. The number of nitrogens with one attached hydrogen (secondary N) is 2. The summed E-state index contributed by atoms with van der Waals surface area (Å²) < 4.78 is 0. The zero-order valence-electron chi connectivity index (χ0n) is 15.3. The van der Waals surface area contributed by atoms with Crippen LogP contribution in [-0.4, -0.2) is 72.1 Å². The van der Waals surface area contributed by atoms with Crippen LogP contribution in [0.4, 0.5) is 5.95 Å². The summed E-state index contributed by atoms with van der Waals surface area (Å²) in [5.74, 6) is 0.732. The quantitative estimate of drug-likeness (QED) is 0.473. The SMILES string of the molecule is CC[C@@H](Sc1nc2nc[nH]c2c(=O)[nH]1)C(=O)N1CCN(c2ncccn2)CC1. The molecule has 1 aliphatic rings. The second kappa shape index (κ2) is 7.97. The van der Waals surface area contributed by atoms with Crippen LogP contribution in [0.3, 0.4) is 0 Å². The molecule has 1 atom stereocenters. The first-order valence-corrected chi connectivity index (χ1v) is 9.94. The molecule has 0 radical (unpaired) electrons. The predicted molar refractivity (Wildman–Crippen MR) is 105 cm³/mol. The second-order valence-corrected chi connectivity index (χ2v) is 7.54. The van der Waals surface area contributed by atoms with E-state index in [0.717, 1.165) is 0 Å². The van der Waals surface area contributed by atoms with Crippen LogP contribution in [0.5, 0.6) is 0 Å². The van der Waals surface area contributed by atoms with E-state index in [2.05, 4.69) is 34.8 Å². The minimum absolute atomic E-state index is 0.0471. The number of piperazine rings is 1. The van der Waals surface area contributed by atoms with Gasteiger partial charge in [-0.1, -0.05) is 18.7 Å². The van der Waals surface area contributed by atoms with Crippen LogP contribution in [0.25, 0.3) is 11.2 Å². The van der Waals surface area contributed by atoms with Crippen molar-refractivity contribution in [3.63, 3.8) is 0 Å². The fourth-order valence-corrected chi connectivity index (χ4v) is 4.08. The molecular formula is C17H20N8O2S. The van der Waals surface area contributed by atoms with Crippen LogP contribution in [0.1, 0.15) is 13.3 Å². The lowest BCUT2D eigenvalue weighted by atomic mass is 10.2. The van der Waals surface area contributed by atoms with E-state index in [0.29, 0.717) is 54.9 Å². The molecule has 10 nitrogen and oxygen atoms in total. The molecule has 146 valence electrons. The number of imidazole rings is 1. The van der Waals surface area contributed by atoms with E-state index in [4.69, 9.17) is 0 Å². The Balaban J connectivity index is 1.42. The number of aromatic amines is 2. The summed E-state index contributed by atoms with van der Waals surface area (Å²) in [4.78, 5) is 51.4. The van der Waals surface area contributed by atoms with Gasteiger partial charge in [0.2, 0.25) is 11.9 Å². The van der Waals surface area contributed by atoms with E-state index in [1.165, 1.54) is 18.1 Å². The minimum Gasteiger partial charge on any atom is -0.339 e. The van der Waals surface area contributed by atoms with Gasteiger partial charge >= 0.3 is 0 Å². The van der Waals surface area contributed by atoms with Gasteiger partial charge in [0.05, 0.1) is 11.6 Å². The molecule has 4 rings (SSSR count). The third kappa shape index (κ3) is 3.70. The molecule has 3 aromatic rings. The van der Waals surface area contributed by atoms with Crippen molar-refractivity contribution in [2.75, 3.05) is 31.1 Å². The summed E-state index contributed by atoms with van der Waals surface area (Å²) in [5, 5.41) is 0.0835. The summed E-state index contributed by atoms with van der Waals surface area (Å²) in [6, 6.07) is 1.78. The van der Waals surface area contributed by atoms with Crippen molar-refractivity contribution in [1.82, 2.24) is 34.8 Å². The number of hydrogen-bond donors (Lipinski definition) is 2. The van der Waals surface area contributed by atoms with Gasteiger partial charge in [0.15, 0.2) is 16.3 Å². The van der Waals surface area contributed by atoms with Crippen LogP contribution >= 0.6 is 11.8 Å². The van der Waals surface area contributed by atoms with E-state index >= 15 is 0 Å². The van der Waals surface area contributed by atoms with Crippen molar-refractivity contribution < 1.29 is 4.79 Å². The molecule has 0 saturated carbocycles. The standard InChI is InChI=1S/C17H20N8O2S/c1-2-11(28-17-22-13-12(14(26)23-17)20-10-21-13)15(27)24-6-8-25(9-7-24)16-18-4-3-5-19-16/h3-5,10-11H,2,6-9H2,1H3,(H2,20,21,22,23,26)/t11-/m1/s1. The molecule has 4 heterocycles. The number of carbonyl (C=O) groups is 1. The Morgan fingerprint density at radius 2 is 1.96 bits per heavy atom. The highest BCUT2D eigenvalue weighted by molar-refractivity contribution is 8.00. The van der Waals surface area contributed by atoms with E-state index in [-0.39, 0.29) is 16.7 Å². The average molecular weight is 400 g/mol. The molecule has 1 amide bonds. The number of hydrogen-bond acceptors (Lipinski definition) is 8. The number of amides is 1. The average Bonchev–Trinajstić information content (AvgIpc) is 3.21. The summed E-state index contributed by atoms with van der Waals surface area (Å²) >= 11 is 1.27. The lowest BCUT2D eigenvalue weighted by molar-refractivity contribution is -0.130. The third-order valence-corrected chi connectivity index (χ3v) is 5.84. The Morgan fingerprint density at radius 3 is 2.68 bits per heavy atom. The van der Waals surface area contributed by atoms with Crippen LogP contribution in [-0.2, 0) is 4.79 Å². The van der Waals surface area contributed by atoms with Gasteiger partial charge in [0.25, 0.3) is 5.56 Å². The van der Waals surface area contributed by atoms with E-state index in [9.17, 15) is 9.59 Å². The van der Waals surface area contributed by atoms with Gasteiger partial charge in [0, 0.05) is 38.6 Å². The van der Waals surface area contributed by atoms with Crippen LogP contribution in [0.15, 0.2) is 34.7 Å². The smallest absolute Gasteiger partial charge is 0.277 e. The number of aromatic nitrogens is 6. The maximum Gasteiger partial charge on any atom is 0.277 e. The van der Waals surface area contributed by atoms with Gasteiger partial charge in [-0.25, -0.2) is 19.9 Å². The molecule has 1 saturated heterocycles. The van der Waals surface area contributed by atoms with Crippen molar-refractivity contribution in [2.45, 2.75) is 23.8 Å². The largest absolute Gasteiger partial charge is 0.339 e. The highest BCUT2D eigenvalue weighted by Crippen LogP contribution is 2.24. The summed E-state index contributed by atoms with van der Waals surface area (Å²) in [6.45, 7) is 4.54. The van der Waals surface area contributed by atoms with Gasteiger partial charge < -0.3 is 14.8 Å². The van der Waals surface area contributed by atoms with Crippen LogP contribution in [0.2, 0.25) is 0 Å². The highest BCUT2D eigenvalue weighted by Gasteiger charge is 2.28.